The number of benzene rings is 1. The van der Waals surface area contributed by atoms with Crippen LogP contribution in [0.4, 0.5) is 13.2 Å². The molecule has 122 valence electrons. The Morgan fingerprint density at radius 3 is 2.77 bits per heavy atom. The van der Waals surface area contributed by atoms with Gasteiger partial charge in [0.1, 0.15) is 0 Å². The van der Waals surface area contributed by atoms with Crippen molar-refractivity contribution >= 4 is 5.91 Å². The summed E-state index contributed by atoms with van der Waals surface area (Å²) < 4.78 is 38.1. The molecular weight excluding hydrogens is 293 g/mol. The van der Waals surface area contributed by atoms with Crippen LogP contribution < -0.4 is 5.73 Å². The SMILES string of the molecule is NC(=O)CC1CCCCN1CCc1cccc(C(F)(F)F)c1. The van der Waals surface area contributed by atoms with E-state index >= 15 is 0 Å². The number of hydrogen-bond acceptors (Lipinski definition) is 2. The first-order valence-corrected chi connectivity index (χ1v) is 7.55. The number of rotatable bonds is 5. The summed E-state index contributed by atoms with van der Waals surface area (Å²) in [6, 6.07) is 5.56. The molecule has 1 aromatic carbocycles. The molecule has 1 atom stereocenters. The Labute approximate surface area is 128 Å². The quantitative estimate of drug-likeness (QED) is 0.908. The van der Waals surface area contributed by atoms with Crippen molar-refractivity contribution in [3.8, 4) is 0 Å². The van der Waals surface area contributed by atoms with Crippen LogP contribution in [0.2, 0.25) is 0 Å². The highest BCUT2D eigenvalue weighted by Crippen LogP contribution is 2.29. The summed E-state index contributed by atoms with van der Waals surface area (Å²) in [7, 11) is 0. The van der Waals surface area contributed by atoms with Crippen molar-refractivity contribution < 1.29 is 18.0 Å². The number of likely N-dealkylation sites (tertiary alicyclic amines) is 1. The Bertz CT molecular complexity index is 516. The highest BCUT2D eigenvalue weighted by atomic mass is 19.4. The summed E-state index contributed by atoms with van der Waals surface area (Å²) >= 11 is 0. The topological polar surface area (TPSA) is 46.3 Å². The van der Waals surface area contributed by atoms with Crippen LogP contribution in [-0.4, -0.2) is 29.9 Å². The van der Waals surface area contributed by atoms with Gasteiger partial charge in [0.15, 0.2) is 0 Å². The molecule has 1 heterocycles. The fraction of sp³-hybridized carbons (Fsp3) is 0.562. The minimum absolute atomic E-state index is 0.122. The lowest BCUT2D eigenvalue weighted by Gasteiger charge is -2.35. The highest BCUT2D eigenvalue weighted by molar-refractivity contribution is 5.74. The van der Waals surface area contributed by atoms with E-state index in [9.17, 15) is 18.0 Å². The van der Waals surface area contributed by atoms with Crippen LogP contribution in [0.5, 0.6) is 0 Å². The molecule has 0 spiro atoms. The number of piperidine rings is 1. The average molecular weight is 314 g/mol. The third-order valence-electron chi connectivity index (χ3n) is 4.13. The Morgan fingerprint density at radius 1 is 1.32 bits per heavy atom. The number of halogens is 3. The van der Waals surface area contributed by atoms with E-state index in [0.29, 0.717) is 24.9 Å². The van der Waals surface area contributed by atoms with Crippen LogP contribution in [0, 0.1) is 0 Å². The predicted molar refractivity (Wildman–Crippen MR) is 78.2 cm³/mol. The summed E-state index contributed by atoms with van der Waals surface area (Å²) in [6.45, 7) is 1.52. The zero-order chi connectivity index (χ0) is 16.2. The van der Waals surface area contributed by atoms with Gasteiger partial charge in [-0.25, -0.2) is 0 Å². The molecule has 1 unspecified atom stereocenters. The molecule has 0 saturated carbocycles. The molecule has 1 aliphatic heterocycles. The molecular formula is C16H21F3N2O. The van der Waals surface area contributed by atoms with Gasteiger partial charge in [-0.15, -0.1) is 0 Å². The van der Waals surface area contributed by atoms with Crippen molar-refractivity contribution in [2.45, 2.75) is 44.3 Å². The maximum Gasteiger partial charge on any atom is 0.416 e. The molecule has 1 aliphatic rings. The number of alkyl halides is 3. The molecule has 3 nitrogen and oxygen atoms in total. The smallest absolute Gasteiger partial charge is 0.370 e. The van der Waals surface area contributed by atoms with Crippen molar-refractivity contribution in [3.05, 3.63) is 35.4 Å². The van der Waals surface area contributed by atoms with Gasteiger partial charge in [0.05, 0.1) is 5.56 Å². The lowest BCUT2D eigenvalue weighted by Crippen LogP contribution is -2.42. The number of nitrogens with zero attached hydrogens (tertiary/aromatic N) is 1. The number of carbonyl (C=O) groups excluding carboxylic acids is 1. The fourth-order valence-electron chi connectivity index (χ4n) is 2.99. The average Bonchev–Trinajstić information content (AvgIpc) is 2.45. The highest BCUT2D eigenvalue weighted by Gasteiger charge is 2.30. The van der Waals surface area contributed by atoms with Crippen molar-refractivity contribution in [2.24, 2.45) is 5.73 Å². The number of primary amides is 1. The maximum atomic E-state index is 12.7. The van der Waals surface area contributed by atoms with Crippen LogP contribution in [0.15, 0.2) is 24.3 Å². The minimum Gasteiger partial charge on any atom is -0.370 e. The third kappa shape index (κ3) is 4.73. The Balaban J connectivity index is 1.97. The van der Waals surface area contributed by atoms with Crippen LogP contribution in [0.3, 0.4) is 0 Å². The molecule has 6 heteroatoms. The molecule has 1 amide bonds. The lowest BCUT2D eigenvalue weighted by molar-refractivity contribution is -0.137. The van der Waals surface area contributed by atoms with E-state index in [1.807, 2.05) is 0 Å². The molecule has 1 aromatic rings. The molecule has 1 saturated heterocycles. The normalized spacial score (nSPS) is 20.0. The van der Waals surface area contributed by atoms with Gasteiger partial charge in [-0.3, -0.25) is 9.69 Å². The Kier molecular flexibility index (Phi) is 5.45. The van der Waals surface area contributed by atoms with Crippen molar-refractivity contribution in [1.29, 1.82) is 0 Å². The predicted octanol–water partition coefficient (Wildman–Crippen LogP) is 2.98. The number of carbonyl (C=O) groups is 1. The lowest BCUT2D eigenvalue weighted by atomic mass is 9.98. The van der Waals surface area contributed by atoms with Crippen LogP contribution >= 0.6 is 0 Å². The summed E-state index contributed by atoms with van der Waals surface area (Å²) in [4.78, 5) is 13.3. The van der Waals surface area contributed by atoms with Crippen molar-refractivity contribution in [3.63, 3.8) is 0 Å². The number of hydrogen-bond donors (Lipinski definition) is 1. The zero-order valence-corrected chi connectivity index (χ0v) is 12.4. The summed E-state index contributed by atoms with van der Waals surface area (Å²) in [5.41, 5.74) is 5.32. The Morgan fingerprint density at radius 2 is 2.09 bits per heavy atom. The van der Waals surface area contributed by atoms with E-state index < -0.39 is 11.7 Å². The van der Waals surface area contributed by atoms with Gasteiger partial charge in [-0.1, -0.05) is 24.6 Å². The van der Waals surface area contributed by atoms with E-state index in [-0.39, 0.29) is 11.9 Å². The van der Waals surface area contributed by atoms with Gasteiger partial charge in [0.25, 0.3) is 0 Å². The van der Waals surface area contributed by atoms with E-state index in [1.54, 1.807) is 6.07 Å². The van der Waals surface area contributed by atoms with Crippen molar-refractivity contribution in [2.75, 3.05) is 13.1 Å². The van der Waals surface area contributed by atoms with Crippen LogP contribution in [0.25, 0.3) is 0 Å². The van der Waals surface area contributed by atoms with E-state index in [2.05, 4.69) is 4.90 Å². The fourth-order valence-corrected chi connectivity index (χ4v) is 2.99. The molecule has 0 bridgehead atoms. The van der Waals surface area contributed by atoms with E-state index in [1.165, 1.54) is 12.1 Å². The molecule has 1 fully saturated rings. The molecule has 2 rings (SSSR count). The summed E-state index contributed by atoms with van der Waals surface area (Å²) in [5.74, 6) is -0.323. The zero-order valence-electron chi connectivity index (χ0n) is 12.4. The largest absolute Gasteiger partial charge is 0.416 e. The van der Waals surface area contributed by atoms with E-state index in [0.717, 1.165) is 31.9 Å². The standard InChI is InChI=1S/C16H21F3N2O/c17-16(18,19)13-5-3-4-12(10-13)7-9-21-8-2-1-6-14(21)11-15(20)22/h3-5,10,14H,1-2,6-9,11H2,(H2,20,22). The number of amides is 1. The van der Waals surface area contributed by atoms with Gasteiger partial charge >= 0.3 is 6.18 Å². The molecule has 0 radical (unpaired) electrons. The van der Waals surface area contributed by atoms with Crippen molar-refractivity contribution in [1.82, 2.24) is 4.90 Å². The van der Waals surface area contributed by atoms with Gasteiger partial charge in [0.2, 0.25) is 5.91 Å². The first-order chi connectivity index (χ1) is 10.4. The summed E-state index contributed by atoms with van der Waals surface area (Å²) in [6.07, 6.45) is -0.404. The number of nitrogens with two attached hydrogens (primary N) is 1. The van der Waals surface area contributed by atoms with Crippen LogP contribution in [0.1, 0.15) is 36.8 Å². The molecule has 0 aromatic heterocycles. The molecule has 22 heavy (non-hydrogen) atoms. The van der Waals surface area contributed by atoms with Gasteiger partial charge < -0.3 is 5.73 Å². The monoisotopic (exact) mass is 314 g/mol. The Hall–Kier alpha value is -1.56. The first kappa shape index (κ1) is 16.8. The second-order valence-electron chi connectivity index (χ2n) is 5.80. The molecule has 0 aliphatic carbocycles. The van der Waals surface area contributed by atoms with Gasteiger partial charge in [-0.05, 0) is 37.4 Å². The van der Waals surface area contributed by atoms with E-state index in [4.69, 9.17) is 5.73 Å². The van der Waals surface area contributed by atoms with Gasteiger partial charge in [-0.2, -0.15) is 13.2 Å². The molecule has 2 N–H and O–H groups in total. The minimum atomic E-state index is -4.31. The van der Waals surface area contributed by atoms with Crippen LogP contribution in [-0.2, 0) is 17.4 Å². The third-order valence-corrected chi connectivity index (χ3v) is 4.13. The maximum absolute atomic E-state index is 12.7. The second-order valence-corrected chi connectivity index (χ2v) is 5.80. The van der Waals surface area contributed by atoms with Gasteiger partial charge in [0, 0.05) is 19.0 Å². The first-order valence-electron chi connectivity index (χ1n) is 7.55. The second kappa shape index (κ2) is 7.13. The summed E-state index contributed by atoms with van der Waals surface area (Å²) in [5, 5.41) is 0.